The maximum atomic E-state index is 10.3. The smallest absolute Gasteiger partial charge is 0.233 e. The molecule has 0 spiro atoms. The van der Waals surface area contributed by atoms with Crippen LogP contribution in [-0.2, 0) is 4.79 Å². The molecule has 0 heterocycles. The summed E-state index contributed by atoms with van der Waals surface area (Å²) in [5.74, 6) is -0.450. The van der Waals surface area contributed by atoms with Gasteiger partial charge in [0.15, 0.2) is 0 Å². The molecule has 64 valence electrons. The van der Waals surface area contributed by atoms with Crippen molar-refractivity contribution in [1.29, 1.82) is 0 Å². The fraction of sp³-hybridized carbons (Fsp3) is 0.600. The van der Waals surface area contributed by atoms with Gasteiger partial charge < -0.3 is 21.6 Å². The molecule has 0 aliphatic carbocycles. The van der Waals surface area contributed by atoms with Crippen molar-refractivity contribution in [3.63, 3.8) is 0 Å². The van der Waals surface area contributed by atoms with E-state index in [4.69, 9.17) is 16.7 Å². The molecule has 0 saturated heterocycles. The van der Waals surface area contributed by atoms with Crippen LogP contribution in [0.1, 0.15) is 6.42 Å². The third kappa shape index (κ3) is 4.01. The zero-order valence-electron chi connectivity index (χ0n) is 6.32. The van der Waals surface area contributed by atoms with Gasteiger partial charge in [-0.2, -0.15) is 0 Å². The molecule has 0 unspecified atom stereocenters. The quantitative estimate of drug-likeness (QED) is 0.202. The predicted octanol–water partition coefficient (Wildman–Crippen LogP) is -1.50. The zero-order valence-corrected chi connectivity index (χ0v) is 6.32. The van der Waals surface area contributed by atoms with Crippen LogP contribution in [0.2, 0.25) is 0 Å². The number of amides is 1. The van der Waals surface area contributed by atoms with Gasteiger partial charge in [-0.1, -0.05) is 5.16 Å². The predicted molar refractivity (Wildman–Crippen MR) is 39.9 cm³/mol. The first-order valence-corrected chi connectivity index (χ1v) is 3.05. The van der Waals surface area contributed by atoms with Gasteiger partial charge in [-0.25, -0.2) is 0 Å². The van der Waals surface area contributed by atoms with E-state index in [1.807, 2.05) is 0 Å². The van der Waals surface area contributed by atoms with Crippen molar-refractivity contribution in [3.05, 3.63) is 0 Å². The molecule has 0 aromatic carbocycles. The van der Waals surface area contributed by atoms with Crippen LogP contribution in [0, 0.1) is 0 Å². The summed E-state index contributed by atoms with van der Waals surface area (Å²) >= 11 is 0. The highest BCUT2D eigenvalue weighted by Gasteiger charge is 2.02. The second-order valence-electron chi connectivity index (χ2n) is 2.10. The van der Waals surface area contributed by atoms with Crippen molar-refractivity contribution in [2.45, 2.75) is 6.42 Å². The molecule has 0 fully saturated rings. The van der Waals surface area contributed by atoms with Crippen LogP contribution in [0.15, 0.2) is 5.16 Å². The molecule has 0 aromatic rings. The van der Waals surface area contributed by atoms with Gasteiger partial charge in [0.2, 0.25) is 11.9 Å². The van der Waals surface area contributed by atoms with E-state index >= 15 is 0 Å². The molecule has 0 bridgehead atoms. The number of nitrogens with zero attached hydrogens (tertiary/aromatic N) is 2. The Morgan fingerprint density at radius 1 is 1.64 bits per heavy atom. The van der Waals surface area contributed by atoms with Crippen molar-refractivity contribution in [2.75, 3.05) is 13.6 Å². The number of carbonyl (C=O) groups excluding carboxylic acids is 1. The van der Waals surface area contributed by atoms with Gasteiger partial charge in [0.1, 0.15) is 0 Å². The second kappa shape index (κ2) is 4.37. The third-order valence-corrected chi connectivity index (χ3v) is 1.19. The minimum absolute atomic E-state index is 0.0359. The van der Waals surface area contributed by atoms with Crippen molar-refractivity contribution in [3.8, 4) is 0 Å². The van der Waals surface area contributed by atoms with Crippen molar-refractivity contribution in [1.82, 2.24) is 4.90 Å². The fourth-order valence-corrected chi connectivity index (χ4v) is 0.469. The molecule has 0 atom stereocenters. The van der Waals surface area contributed by atoms with Crippen LogP contribution >= 0.6 is 0 Å². The van der Waals surface area contributed by atoms with Crippen molar-refractivity contribution < 1.29 is 10.0 Å². The number of primary amides is 1. The largest absolute Gasteiger partial charge is 0.408 e. The molecule has 0 saturated carbocycles. The number of hydrogen-bond donors (Lipinski definition) is 3. The number of carbonyl (C=O) groups is 1. The van der Waals surface area contributed by atoms with Crippen LogP contribution in [0.3, 0.4) is 0 Å². The highest BCUT2D eigenvalue weighted by Crippen LogP contribution is 1.85. The van der Waals surface area contributed by atoms with Crippen LogP contribution in [0.5, 0.6) is 0 Å². The molecule has 1 amide bonds. The van der Waals surface area contributed by atoms with Crippen LogP contribution in [0.4, 0.5) is 0 Å². The van der Waals surface area contributed by atoms with Crippen LogP contribution in [0.25, 0.3) is 0 Å². The fourth-order valence-electron chi connectivity index (χ4n) is 0.469. The number of hydrogen-bond acceptors (Lipinski definition) is 3. The van der Waals surface area contributed by atoms with E-state index in [2.05, 4.69) is 5.16 Å². The van der Waals surface area contributed by atoms with E-state index in [9.17, 15) is 4.79 Å². The summed E-state index contributed by atoms with van der Waals surface area (Å²) in [5, 5.41) is 10.9. The molecular weight excluding hydrogens is 148 g/mol. The Morgan fingerprint density at radius 2 is 2.18 bits per heavy atom. The average Bonchev–Trinajstić information content (AvgIpc) is 1.98. The van der Waals surface area contributed by atoms with E-state index in [1.165, 1.54) is 4.90 Å². The molecule has 5 N–H and O–H groups in total. The Hall–Kier alpha value is -1.46. The van der Waals surface area contributed by atoms with Crippen LogP contribution < -0.4 is 11.5 Å². The number of rotatable bonds is 3. The molecule has 0 radical (unpaired) electrons. The summed E-state index contributed by atoms with van der Waals surface area (Å²) in [6.07, 6.45) is 0.187. The lowest BCUT2D eigenvalue weighted by atomic mass is 10.4. The van der Waals surface area contributed by atoms with Crippen molar-refractivity contribution >= 4 is 11.9 Å². The van der Waals surface area contributed by atoms with Gasteiger partial charge in [-0.3, -0.25) is 4.79 Å². The molecular formula is C5H12N4O2. The Kier molecular flexibility index (Phi) is 3.79. The second-order valence-corrected chi connectivity index (χ2v) is 2.10. The van der Waals surface area contributed by atoms with Gasteiger partial charge in [-0.15, -0.1) is 0 Å². The van der Waals surface area contributed by atoms with Gasteiger partial charge >= 0.3 is 0 Å². The molecule has 0 rings (SSSR count). The highest BCUT2D eigenvalue weighted by atomic mass is 16.4. The maximum Gasteiger partial charge on any atom is 0.233 e. The van der Waals surface area contributed by atoms with Gasteiger partial charge in [0, 0.05) is 20.0 Å². The van der Waals surface area contributed by atoms with Crippen LogP contribution in [-0.4, -0.2) is 35.6 Å². The molecule has 0 aliphatic heterocycles. The summed E-state index contributed by atoms with van der Waals surface area (Å²) in [5.41, 5.74) is 10.1. The molecule has 11 heavy (non-hydrogen) atoms. The number of oxime groups is 1. The minimum Gasteiger partial charge on any atom is -0.408 e. The highest BCUT2D eigenvalue weighted by molar-refractivity contribution is 5.78. The lowest BCUT2D eigenvalue weighted by Crippen LogP contribution is -2.36. The van der Waals surface area contributed by atoms with E-state index < -0.39 is 5.91 Å². The standard InChI is InChI=1S/C5H12N4O2/c1-9(5(7)8-11)3-2-4(6)10/h11H,2-3H2,1H3,(H2,6,10)(H2,7,8). The monoisotopic (exact) mass is 160 g/mol. The topological polar surface area (TPSA) is 105 Å². The Bertz CT molecular complexity index is 168. The lowest BCUT2D eigenvalue weighted by molar-refractivity contribution is -0.118. The molecule has 6 heteroatoms. The van der Waals surface area contributed by atoms with E-state index in [-0.39, 0.29) is 12.4 Å². The van der Waals surface area contributed by atoms with E-state index in [1.54, 1.807) is 7.05 Å². The summed E-state index contributed by atoms with van der Waals surface area (Å²) in [6, 6.07) is 0. The zero-order chi connectivity index (χ0) is 8.85. The molecule has 0 aliphatic rings. The Balaban J connectivity index is 3.69. The first-order chi connectivity index (χ1) is 5.07. The summed E-state index contributed by atoms with van der Waals surface area (Å²) < 4.78 is 0. The SMILES string of the molecule is CN(CCC(N)=O)/C(N)=N/O. The summed E-state index contributed by atoms with van der Waals surface area (Å²) in [7, 11) is 1.60. The van der Waals surface area contributed by atoms with Gasteiger partial charge in [0.25, 0.3) is 0 Å². The maximum absolute atomic E-state index is 10.3. The number of nitrogens with two attached hydrogens (primary N) is 2. The number of guanidine groups is 1. The Morgan fingerprint density at radius 3 is 2.55 bits per heavy atom. The van der Waals surface area contributed by atoms with E-state index in [0.717, 1.165) is 0 Å². The van der Waals surface area contributed by atoms with Gasteiger partial charge in [-0.05, 0) is 0 Å². The third-order valence-electron chi connectivity index (χ3n) is 1.19. The minimum atomic E-state index is -0.414. The average molecular weight is 160 g/mol. The van der Waals surface area contributed by atoms with Crippen molar-refractivity contribution in [2.24, 2.45) is 16.6 Å². The summed E-state index contributed by atoms with van der Waals surface area (Å²) in [6.45, 7) is 0.352. The molecule has 0 aromatic heterocycles. The first kappa shape index (κ1) is 9.54. The van der Waals surface area contributed by atoms with Gasteiger partial charge in [0.05, 0.1) is 0 Å². The molecule has 6 nitrogen and oxygen atoms in total. The first-order valence-electron chi connectivity index (χ1n) is 3.05. The Labute approximate surface area is 64.4 Å². The normalized spacial score (nSPS) is 11.2. The van der Waals surface area contributed by atoms with E-state index in [0.29, 0.717) is 6.54 Å². The lowest BCUT2D eigenvalue weighted by Gasteiger charge is -2.14. The summed E-state index contributed by atoms with van der Waals surface area (Å²) in [4.78, 5) is 11.7.